The van der Waals surface area contributed by atoms with Gasteiger partial charge >= 0.3 is 0 Å². The second-order valence-electron chi connectivity index (χ2n) is 8.89. The lowest BCUT2D eigenvalue weighted by atomic mass is 9.96. The molecule has 1 aromatic heterocycles. The van der Waals surface area contributed by atoms with Crippen molar-refractivity contribution in [3.63, 3.8) is 0 Å². The molecule has 1 saturated heterocycles. The molecule has 0 spiro atoms. The molecule has 3 heterocycles. The standard InChI is InChI=1S/C25H36N4O3/c1-3-15-31-21-12-11-19(17-22(21)32-16-4-2)25(30)28-13-8-9-20(18-28)24-27-26-23-10-6-5-7-14-29(23)24/h11-12,17,20H,3-10,13-16,18H2,1-2H3. The van der Waals surface area contributed by atoms with Gasteiger partial charge in [0.2, 0.25) is 0 Å². The summed E-state index contributed by atoms with van der Waals surface area (Å²) < 4.78 is 14.0. The summed E-state index contributed by atoms with van der Waals surface area (Å²) in [6.07, 6.45) is 8.49. The molecular formula is C25H36N4O3. The van der Waals surface area contributed by atoms with Crippen LogP contribution < -0.4 is 9.47 Å². The summed E-state index contributed by atoms with van der Waals surface area (Å²) in [6.45, 7) is 7.84. The third-order valence-electron chi connectivity index (χ3n) is 6.33. The number of likely N-dealkylation sites (tertiary alicyclic amines) is 1. The fourth-order valence-electron chi connectivity index (χ4n) is 4.66. The topological polar surface area (TPSA) is 69.5 Å². The number of aryl methyl sites for hydroxylation is 1. The van der Waals surface area contributed by atoms with E-state index in [2.05, 4.69) is 28.6 Å². The lowest BCUT2D eigenvalue weighted by molar-refractivity contribution is 0.0702. The minimum Gasteiger partial charge on any atom is -0.490 e. The molecule has 7 nitrogen and oxygen atoms in total. The highest BCUT2D eigenvalue weighted by Gasteiger charge is 2.30. The van der Waals surface area contributed by atoms with Crippen molar-refractivity contribution in [1.82, 2.24) is 19.7 Å². The predicted octanol–water partition coefficient (Wildman–Crippen LogP) is 4.60. The molecule has 1 atom stereocenters. The molecule has 1 unspecified atom stereocenters. The zero-order valence-corrected chi connectivity index (χ0v) is 19.5. The van der Waals surface area contributed by atoms with Gasteiger partial charge in [-0.25, -0.2) is 0 Å². The van der Waals surface area contributed by atoms with Gasteiger partial charge in [-0.15, -0.1) is 10.2 Å². The van der Waals surface area contributed by atoms with E-state index >= 15 is 0 Å². The molecule has 32 heavy (non-hydrogen) atoms. The summed E-state index contributed by atoms with van der Waals surface area (Å²) in [4.78, 5) is 15.4. The van der Waals surface area contributed by atoms with Gasteiger partial charge in [-0.2, -0.15) is 0 Å². The van der Waals surface area contributed by atoms with Crippen LogP contribution in [0.2, 0.25) is 0 Å². The maximum atomic E-state index is 13.4. The van der Waals surface area contributed by atoms with E-state index in [4.69, 9.17) is 9.47 Å². The van der Waals surface area contributed by atoms with Crippen molar-refractivity contribution in [2.24, 2.45) is 0 Å². The number of hydrogen-bond acceptors (Lipinski definition) is 5. The Bertz CT molecular complexity index is 911. The fourth-order valence-corrected chi connectivity index (χ4v) is 4.66. The summed E-state index contributed by atoms with van der Waals surface area (Å²) in [5, 5.41) is 9.03. The van der Waals surface area contributed by atoms with Crippen LogP contribution in [0, 0.1) is 0 Å². The normalized spacial score (nSPS) is 18.7. The highest BCUT2D eigenvalue weighted by Crippen LogP contribution is 2.32. The van der Waals surface area contributed by atoms with E-state index in [0.29, 0.717) is 36.8 Å². The summed E-state index contributed by atoms with van der Waals surface area (Å²) in [5.41, 5.74) is 0.653. The predicted molar refractivity (Wildman–Crippen MR) is 123 cm³/mol. The molecule has 2 aromatic rings. The van der Waals surface area contributed by atoms with Crippen LogP contribution in [0.3, 0.4) is 0 Å². The third-order valence-corrected chi connectivity index (χ3v) is 6.33. The number of hydrogen-bond donors (Lipinski definition) is 0. The summed E-state index contributed by atoms with van der Waals surface area (Å²) in [6, 6.07) is 5.57. The van der Waals surface area contributed by atoms with Crippen LogP contribution in [-0.2, 0) is 13.0 Å². The van der Waals surface area contributed by atoms with Crippen molar-refractivity contribution >= 4 is 5.91 Å². The van der Waals surface area contributed by atoms with Crippen LogP contribution in [0.25, 0.3) is 0 Å². The molecule has 4 rings (SSSR count). The number of rotatable bonds is 8. The molecule has 2 aliphatic rings. The van der Waals surface area contributed by atoms with Crippen molar-refractivity contribution < 1.29 is 14.3 Å². The zero-order valence-electron chi connectivity index (χ0n) is 19.5. The Morgan fingerprint density at radius 2 is 1.81 bits per heavy atom. The van der Waals surface area contributed by atoms with Gasteiger partial charge in [-0.05, 0) is 56.7 Å². The number of nitrogens with zero attached hydrogens (tertiary/aromatic N) is 4. The van der Waals surface area contributed by atoms with Gasteiger partial charge in [0.1, 0.15) is 11.6 Å². The van der Waals surface area contributed by atoms with Gasteiger partial charge in [0.15, 0.2) is 11.5 Å². The molecule has 0 bridgehead atoms. The molecule has 7 heteroatoms. The number of amides is 1. The number of ether oxygens (including phenoxy) is 2. The highest BCUT2D eigenvalue weighted by molar-refractivity contribution is 5.95. The lowest BCUT2D eigenvalue weighted by Crippen LogP contribution is -2.39. The molecular weight excluding hydrogens is 404 g/mol. The Hall–Kier alpha value is -2.57. The third kappa shape index (κ3) is 5.08. The molecule has 0 radical (unpaired) electrons. The average molecular weight is 441 g/mol. The Morgan fingerprint density at radius 1 is 1.00 bits per heavy atom. The Morgan fingerprint density at radius 3 is 2.62 bits per heavy atom. The quantitative estimate of drug-likeness (QED) is 0.600. The molecule has 1 amide bonds. The van der Waals surface area contributed by atoms with E-state index in [0.717, 1.165) is 56.8 Å². The summed E-state index contributed by atoms with van der Waals surface area (Å²) >= 11 is 0. The smallest absolute Gasteiger partial charge is 0.254 e. The van der Waals surface area contributed by atoms with E-state index in [1.165, 1.54) is 19.3 Å². The van der Waals surface area contributed by atoms with Gasteiger partial charge in [0.25, 0.3) is 5.91 Å². The average Bonchev–Trinajstić information content (AvgIpc) is 3.09. The van der Waals surface area contributed by atoms with Crippen molar-refractivity contribution in [3.8, 4) is 11.5 Å². The Labute approximate surface area is 191 Å². The van der Waals surface area contributed by atoms with Crippen molar-refractivity contribution in [3.05, 3.63) is 35.4 Å². The van der Waals surface area contributed by atoms with Gasteiger partial charge in [0.05, 0.1) is 13.2 Å². The number of carbonyl (C=O) groups excluding carboxylic acids is 1. The van der Waals surface area contributed by atoms with E-state index in [1.54, 1.807) is 0 Å². The maximum Gasteiger partial charge on any atom is 0.254 e. The minimum atomic E-state index is 0.0497. The largest absolute Gasteiger partial charge is 0.490 e. The first-order valence-corrected chi connectivity index (χ1v) is 12.3. The molecule has 174 valence electrons. The Balaban J connectivity index is 1.50. The first kappa shape index (κ1) is 22.6. The van der Waals surface area contributed by atoms with Gasteiger partial charge < -0.3 is 18.9 Å². The van der Waals surface area contributed by atoms with Crippen LogP contribution in [-0.4, -0.2) is 51.9 Å². The van der Waals surface area contributed by atoms with E-state index < -0.39 is 0 Å². The molecule has 2 aliphatic heterocycles. The molecule has 0 saturated carbocycles. The molecule has 0 aliphatic carbocycles. The van der Waals surface area contributed by atoms with Crippen molar-refractivity contribution in [1.29, 1.82) is 0 Å². The second-order valence-corrected chi connectivity index (χ2v) is 8.89. The maximum absolute atomic E-state index is 13.4. The van der Waals surface area contributed by atoms with E-state index in [9.17, 15) is 4.79 Å². The van der Waals surface area contributed by atoms with Gasteiger partial charge in [-0.1, -0.05) is 20.3 Å². The first-order chi connectivity index (χ1) is 15.7. The van der Waals surface area contributed by atoms with Crippen LogP contribution in [0.1, 0.15) is 86.7 Å². The first-order valence-electron chi connectivity index (χ1n) is 12.3. The second kappa shape index (κ2) is 10.8. The van der Waals surface area contributed by atoms with E-state index in [-0.39, 0.29) is 11.8 Å². The summed E-state index contributed by atoms with van der Waals surface area (Å²) in [7, 11) is 0. The van der Waals surface area contributed by atoms with Crippen LogP contribution >= 0.6 is 0 Å². The monoisotopic (exact) mass is 440 g/mol. The fraction of sp³-hybridized carbons (Fsp3) is 0.640. The zero-order chi connectivity index (χ0) is 22.3. The number of benzene rings is 1. The number of fused-ring (bicyclic) bond motifs is 1. The molecule has 0 N–H and O–H groups in total. The highest BCUT2D eigenvalue weighted by atomic mass is 16.5. The van der Waals surface area contributed by atoms with Crippen molar-refractivity contribution in [2.75, 3.05) is 26.3 Å². The van der Waals surface area contributed by atoms with E-state index in [1.807, 2.05) is 23.1 Å². The summed E-state index contributed by atoms with van der Waals surface area (Å²) in [5.74, 6) is 3.83. The van der Waals surface area contributed by atoms with Crippen LogP contribution in [0.5, 0.6) is 11.5 Å². The Kier molecular flexibility index (Phi) is 7.66. The lowest BCUT2D eigenvalue weighted by Gasteiger charge is -2.32. The van der Waals surface area contributed by atoms with Crippen LogP contribution in [0.4, 0.5) is 0 Å². The SMILES string of the molecule is CCCOc1ccc(C(=O)N2CCCC(c3nnc4n3CCCCC4)C2)cc1OCCC. The van der Waals surface area contributed by atoms with Gasteiger partial charge in [-0.3, -0.25) is 4.79 Å². The molecule has 1 fully saturated rings. The number of carbonyl (C=O) groups is 1. The minimum absolute atomic E-state index is 0.0497. The number of piperidine rings is 1. The van der Waals surface area contributed by atoms with Crippen molar-refractivity contribution in [2.45, 2.75) is 77.7 Å². The van der Waals surface area contributed by atoms with Crippen LogP contribution in [0.15, 0.2) is 18.2 Å². The number of aromatic nitrogens is 3. The molecule has 1 aromatic carbocycles. The van der Waals surface area contributed by atoms with Gasteiger partial charge in [0, 0.05) is 37.5 Å².